The van der Waals surface area contributed by atoms with E-state index in [4.69, 9.17) is 9.29 Å². The largest absolute Gasteiger partial charge is 0.494 e. The van der Waals surface area contributed by atoms with Gasteiger partial charge in [0.15, 0.2) is 0 Å². The number of aromatic amines is 1. The smallest absolute Gasteiger partial charge is 0.294 e. The Morgan fingerprint density at radius 1 is 0.929 bits per heavy atom. The van der Waals surface area contributed by atoms with Crippen LogP contribution in [-0.2, 0) is 10.1 Å². The lowest BCUT2D eigenvalue weighted by Crippen LogP contribution is -2.46. The maximum Gasteiger partial charge on any atom is 0.294 e. The van der Waals surface area contributed by atoms with Crippen molar-refractivity contribution < 1.29 is 17.7 Å². The average Bonchev–Trinajstić information content (AvgIpc) is 3.47. The van der Waals surface area contributed by atoms with Crippen LogP contribution in [0.15, 0.2) is 93.9 Å². The number of hydrogen-bond donors (Lipinski definition) is 2. The van der Waals surface area contributed by atoms with Gasteiger partial charge in [0.05, 0.1) is 17.0 Å². The highest BCUT2D eigenvalue weighted by Crippen LogP contribution is 2.31. The minimum atomic E-state index is -4.02. The number of aromatic nitrogens is 1. The van der Waals surface area contributed by atoms with Crippen molar-refractivity contribution in [1.29, 1.82) is 0 Å². The average molecular weight is 606 g/mol. The van der Waals surface area contributed by atoms with Gasteiger partial charge in [-0.05, 0) is 85.6 Å². The third kappa shape index (κ3) is 7.77. The normalized spacial score (nSPS) is 14.1. The van der Waals surface area contributed by atoms with Gasteiger partial charge in [-0.2, -0.15) is 8.42 Å². The highest BCUT2D eigenvalue weighted by Gasteiger charge is 2.18. The second kappa shape index (κ2) is 13.5. The number of ether oxygens (including phenoxy) is 1. The minimum absolute atomic E-state index is 0.0666. The second-order valence-corrected chi connectivity index (χ2v) is 12.7. The van der Waals surface area contributed by atoms with Gasteiger partial charge in [0.25, 0.3) is 10.1 Å². The Balaban J connectivity index is 0.000000271. The summed E-state index contributed by atoms with van der Waals surface area (Å²) in [6.07, 6.45) is 2.16. The predicted octanol–water partition coefficient (Wildman–Crippen LogP) is 5.97. The molecule has 6 rings (SSSR count). The number of benzene rings is 3. The first kappa shape index (κ1) is 29.8. The van der Waals surface area contributed by atoms with Gasteiger partial charge in [-0.3, -0.25) is 14.2 Å². The first-order valence-electron chi connectivity index (χ1n) is 14.0. The standard InChI is InChI=1S/C25H27N3O2S.C7H8O3S/c29-25-9-7-19-6-8-20(18-22(19)26-25)30-16-2-1-11-27-12-14-28(15-13-27)23-4-3-5-24-21(23)10-17-31-24;1-6-2-4-7(5-3-6)11(8,9)10/h3-10,17-18H,1-2,11-16H2,(H,26,29);2-5H,1H3,(H,8,9,10). The zero-order valence-corrected chi connectivity index (χ0v) is 25.2. The monoisotopic (exact) mass is 605 g/mol. The molecular formula is C32H35N3O5S2. The van der Waals surface area contributed by atoms with Crippen molar-refractivity contribution in [3.05, 3.63) is 100 Å². The van der Waals surface area contributed by atoms with Crippen LogP contribution >= 0.6 is 11.3 Å². The Morgan fingerprint density at radius 3 is 2.45 bits per heavy atom. The van der Waals surface area contributed by atoms with Gasteiger partial charge >= 0.3 is 0 Å². The zero-order chi connectivity index (χ0) is 29.5. The lowest BCUT2D eigenvalue weighted by molar-refractivity contribution is 0.239. The summed E-state index contributed by atoms with van der Waals surface area (Å²) in [6.45, 7) is 8.04. The number of unbranched alkanes of at least 4 members (excludes halogenated alkanes) is 1. The van der Waals surface area contributed by atoms with Crippen molar-refractivity contribution in [3.63, 3.8) is 0 Å². The molecule has 3 heterocycles. The number of piperazine rings is 1. The summed E-state index contributed by atoms with van der Waals surface area (Å²) in [5.41, 5.74) is 3.07. The van der Waals surface area contributed by atoms with Crippen molar-refractivity contribution in [2.45, 2.75) is 24.7 Å². The summed E-state index contributed by atoms with van der Waals surface area (Å²) in [6, 6.07) is 24.1. The fourth-order valence-corrected chi connectivity index (χ4v) is 6.31. The third-order valence-electron chi connectivity index (χ3n) is 7.34. The fourth-order valence-electron chi connectivity index (χ4n) is 5.02. The molecule has 0 spiro atoms. The fraction of sp³-hybridized carbons (Fsp3) is 0.281. The van der Waals surface area contributed by atoms with E-state index in [1.807, 2.05) is 42.5 Å². The number of nitrogens with zero attached hydrogens (tertiary/aromatic N) is 2. The number of pyridine rings is 1. The van der Waals surface area contributed by atoms with E-state index >= 15 is 0 Å². The van der Waals surface area contributed by atoms with E-state index < -0.39 is 10.1 Å². The van der Waals surface area contributed by atoms with Crippen LogP contribution in [0.4, 0.5) is 5.69 Å². The molecule has 1 aliphatic rings. The summed E-state index contributed by atoms with van der Waals surface area (Å²) < 4.78 is 36.8. The Hall–Kier alpha value is -3.70. The molecule has 220 valence electrons. The van der Waals surface area contributed by atoms with Crippen LogP contribution < -0.4 is 15.2 Å². The summed E-state index contributed by atoms with van der Waals surface area (Å²) in [4.78, 5) is 19.4. The molecular weight excluding hydrogens is 571 g/mol. The van der Waals surface area contributed by atoms with E-state index in [0.29, 0.717) is 6.61 Å². The van der Waals surface area contributed by atoms with Gasteiger partial charge in [0, 0.05) is 54.1 Å². The van der Waals surface area contributed by atoms with E-state index in [1.54, 1.807) is 18.2 Å². The van der Waals surface area contributed by atoms with E-state index in [9.17, 15) is 13.2 Å². The number of anilines is 1. The van der Waals surface area contributed by atoms with Gasteiger partial charge < -0.3 is 14.6 Å². The van der Waals surface area contributed by atoms with Crippen molar-refractivity contribution in [1.82, 2.24) is 9.88 Å². The number of thiophene rings is 1. The molecule has 2 aromatic heterocycles. The Kier molecular flexibility index (Phi) is 9.58. The molecule has 1 saturated heterocycles. The topological polar surface area (TPSA) is 103 Å². The van der Waals surface area contributed by atoms with Crippen LogP contribution in [0.1, 0.15) is 18.4 Å². The molecule has 2 N–H and O–H groups in total. The van der Waals surface area contributed by atoms with E-state index in [1.165, 1.54) is 27.9 Å². The molecule has 0 bridgehead atoms. The van der Waals surface area contributed by atoms with Gasteiger partial charge in [-0.25, -0.2) is 0 Å². The Bertz CT molecular complexity index is 1790. The summed E-state index contributed by atoms with van der Waals surface area (Å²) >= 11 is 1.82. The third-order valence-corrected chi connectivity index (χ3v) is 9.09. The van der Waals surface area contributed by atoms with Crippen molar-refractivity contribution >= 4 is 48.1 Å². The number of H-pyrrole nitrogens is 1. The number of rotatable bonds is 8. The van der Waals surface area contributed by atoms with Gasteiger partial charge in [-0.1, -0.05) is 23.8 Å². The minimum Gasteiger partial charge on any atom is -0.494 e. The predicted molar refractivity (Wildman–Crippen MR) is 171 cm³/mol. The molecule has 42 heavy (non-hydrogen) atoms. The lowest BCUT2D eigenvalue weighted by Gasteiger charge is -2.36. The van der Waals surface area contributed by atoms with Crippen LogP contribution in [0, 0.1) is 6.92 Å². The molecule has 8 nitrogen and oxygen atoms in total. The number of nitrogens with one attached hydrogen (secondary N) is 1. The molecule has 0 amide bonds. The molecule has 0 atom stereocenters. The molecule has 1 aliphatic heterocycles. The molecule has 0 unspecified atom stereocenters. The molecule has 0 aliphatic carbocycles. The maximum absolute atomic E-state index is 11.5. The van der Waals surface area contributed by atoms with E-state index in [0.717, 1.165) is 67.8 Å². The SMILES string of the molecule is Cc1ccc(S(=O)(=O)O)cc1.O=c1ccc2ccc(OCCCCN3CCN(c4cccc5sccc45)CC3)cc2[nH]1. The van der Waals surface area contributed by atoms with Gasteiger partial charge in [-0.15, -0.1) is 11.3 Å². The number of fused-ring (bicyclic) bond motifs is 2. The van der Waals surface area contributed by atoms with Crippen LogP contribution in [0.3, 0.4) is 0 Å². The zero-order valence-electron chi connectivity index (χ0n) is 23.5. The van der Waals surface area contributed by atoms with Gasteiger partial charge in [0.1, 0.15) is 5.75 Å². The second-order valence-electron chi connectivity index (χ2n) is 10.4. The van der Waals surface area contributed by atoms with Crippen LogP contribution in [0.2, 0.25) is 0 Å². The van der Waals surface area contributed by atoms with E-state index in [2.05, 4.69) is 44.4 Å². The van der Waals surface area contributed by atoms with Crippen molar-refractivity contribution in [3.8, 4) is 5.75 Å². The van der Waals surface area contributed by atoms with Crippen LogP contribution in [-0.4, -0.2) is 62.2 Å². The number of hydrogen-bond acceptors (Lipinski definition) is 7. The summed E-state index contributed by atoms with van der Waals surface area (Å²) in [5.74, 6) is 0.811. The Labute approximate surface area is 249 Å². The molecule has 0 saturated carbocycles. The molecule has 5 aromatic rings. The molecule has 10 heteroatoms. The number of aryl methyl sites for hydroxylation is 1. The van der Waals surface area contributed by atoms with E-state index in [-0.39, 0.29) is 10.5 Å². The Morgan fingerprint density at radius 2 is 1.69 bits per heavy atom. The van der Waals surface area contributed by atoms with Gasteiger partial charge in [0.2, 0.25) is 5.56 Å². The van der Waals surface area contributed by atoms with Crippen LogP contribution in [0.5, 0.6) is 5.75 Å². The molecule has 1 fully saturated rings. The highest BCUT2D eigenvalue weighted by molar-refractivity contribution is 7.85. The quantitative estimate of drug-likeness (QED) is 0.166. The van der Waals surface area contributed by atoms with Crippen molar-refractivity contribution in [2.75, 3.05) is 44.2 Å². The van der Waals surface area contributed by atoms with Crippen molar-refractivity contribution in [2.24, 2.45) is 0 Å². The molecule has 0 radical (unpaired) electrons. The molecule has 3 aromatic carbocycles. The highest BCUT2D eigenvalue weighted by atomic mass is 32.2. The maximum atomic E-state index is 11.5. The summed E-state index contributed by atoms with van der Waals surface area (Å²) in [5, 5.41) is 4.58. The van der Waals surface area contributed by atoms with Crippen LogP contribution in [0.25, 0.3) is 21.0 Å². The summed E-state index contributed by atoms with van der Waals surface area (Å²) in [7, 11) is -4.02. The first-order valence-corrected chi connectivity index (χ1v) is 16.3. The first-order chi connectivity index (χ1) is 20.3. The lowest BCUT2D eigenvalue weighted by atomic mass is 10.2.